The monoisotopic (exact) mass is 448 g/mol. The molecule has 3 aromatic rings. The summed E-state index contributed by atoms with van der Waals surface area (Å²) >= 11 is 5.95. The van der Waals surface area contributed by atoms with Crippen LogP contribution in [0, 0.1) is 5.82 Å². The standard InChI is InChI=1S/C17H14ClF5N6O/c1-8(29-13(15(22)23)5-12(26-29)14(20)21)16(30)25-17-24-7-28(27-17)6-9-2-3-10(19)4-11(9)18/h2-5,7-8,14-15H,6H2,1H3,(H,25,27,30). The largest absolute Gasteiger partial charge is 0.291 e. The molecule has 0 aliphatic rings. The van der Waals surface area contributed by atoms with E-state index in [-0.39, 0.29) is 17.5 Å². The molecule has 1 unspecified atom stereocenters. The van der Waals surface area contributed by atoms with Crippen molar-refractivity contribution >= 4 is 23.5 Å². The summed E-state index contributed by atoms with van der Waals surface area (Å²) in [5, 5.41) is 9.89. The number of carbonyl (C=O) groups excluding carboxylic acids is 1. The lowest BCUT2D eigenvalue weighted by Crippen LogP contribution is -2.26. The van der Waals surface area contributed by atoms with Crippen molar-refractivity contribution in [2.24, 2.45) is 0 Å². The number of hydrogen-bond donors (Lipinski definition) is 1. The quantitative estimate of drug-likeness (QED) is 0.544. The van der Waals surface area contributed by atoms with E-state index in [1.165, 1.54) is 30.1 Å². The number of amides is 1. The number of nitrogens with zero attached hydrogens (tertiary/aromatic N) is 5. The third-order valence-corrected chi connectivity index (χ3v) is 4.45. The number of benzene rings is 1. The highest BCUT2D eigenvalue weighted by molar-refractivity contribution is 6.31. The van der Waals surface area contributed by atoms with Gasteiger partial charge < -0.3 is 0 Å². The van der Waals surface area contributed by atoms with Gasteiger partial charge in [-0.1, -0.05) is 17.7 Å². The number of rotatable bonds is 7. The van der Waals surface area contributed by atoms with Gasteiger partial charge in [-0.25, -0.2) is 31.6 Å². The van der Waals surface area contributed by atoms with Crippen molar-refractivity contribution in [3.8, 4) is 0 Å². The van der Waals surface area contributed by atoms with Gasteiger partial charge >= 0.3 is 0 Å². The fourth-order valence-corrected chi connectivity index (χ4v) is 2.81. The van der Waals surface area contributed by atoms with Crippen LogP contribution in [0.15, 0.2) is 30.6 Å². The summed E-state index contributed by atoms with van der Waals surface area (Å²) in [5.74, 6) is -1.48. The fraction of sp³-hybridized carbons (Fsp3) is 0.294. The number of anilines is 1. The summed E-state index contributed by atoms with van der Waals surface area (Å²) in [7, 11) is 0. The molecule has 30 heavy (non-hydrogen) atoms. The van der Waals surface area contributed by atoms with E-state index in [2.05, 4.69) is 20.5 Å². The maximum Gasteiger partial charge on any atom is 0.282 e. The average Bonchev–Trinajstić information content (AvgIpc) is 3.30. The Morgan fingerprint density at radius 2 is 1.90 bits per heavy atom. The van der Waals surface area contributed by atoms with E-state index in [0.717, 1.165) is 6.07 Å². The number of carbonyl (C=O) groups is 1. The van der Waals surface area contributed by atoms with Gasteiger partial charge in [-0.15, -0.1) is 5.10 Å². The van der Waals surface area contributed by atoms with Crippen LogP contribution >= 0.6 is 11.6 Å². The normalized spacial score (nSPS) is 12.6. The number of aromatic nitrogens is 5. The Hall–Kier alpha value is -3.02. The SMILES string of the molecule is CC(C(=O)Nc1ncn(Cc2ccc(F)cc2Cl)n1)n1nc(C(F)F)cc1C(F)F. The second kappa shape index (κ2) is 8.78. The molecule has 1 amide bonds. The van der Waals surface area contributed by atoms with Crippen molar-refractivity contribution in [2.75, 3.05) is 5.32 Å². The van der Waals surface area contributed by atoms with Gasteiger partial charge in [0.1, 0.15) is 29.6 Å². The molecule has 0 bridgehead atoms. The molecular weight excluding hydrogens is 435 g/mol. The predicted octanol–water partition coefficient (Wildman–Crippen LogP) is 4.39. The van der Waals surface area contributed by atoms with Gasteiger partial charge in [0, 0.05) is 5.02 Å². The zero-order valence-electron chi connectivity index (χ0n) is 15.2. The first kappa shape index (κ1) is 21.7. The number of nitrogens with one attached hydrogen (secondary N) is 1. The molecule has 0 spiro atoms. The Labute approximate surface area is 171 Å². The molecule has 0 aliphatic carbocycles. The van der Waals surface area contributed by atoms with Gasteiger partial charge in [0.15, 0.2) is 0 Å². The van der Waals surface area contributed by atoms with Crippen molar-refractivity contribution in [3.05, 3.63) is 58.4 Å². The first-order chi connectivity index (χ1) is 14.2. The molecule has 0 saturated carbocycles. The molecule has 3 rings (SSSR count). The van der Waals surface area contributed by atoms with E-state index in [9.17, 15) is 26.7 Å². The van der Waals surface area contributed by atoms with Crippen LogP contribution in [0.4, 0.5) is 27.9 Å². The van der Waals surface area contributed by atoms with Crippen molar-refractivity contribution in [1.82, 2.24) is 24.5 Å². The smallest absolute Gasteiger partial charge is 0.282 e. The molecule has 0 fully saturated rings. The number of hydrogen-bond acceptors (Lipinski definition) is 4. The highest BCUT2D eigenvalue weighted by Gasteiger charge is 2.27. The summed E-state index contributed by atoms with van der Waals surface area (Å²) in [6.45, 7) is 1.35. The molecule has 160 valence electrons. The Morgan fingerprint density at radius 1 is 1.17 bits per heavy atom. The van der Waals surface area contributed by atoms with Crippen LogP contribution in [0.3, 0.4) is 0 Å². The second-order valence-corrected chi connectivity index (χ2v) is 6.61. The minimum Gasteiger partial charge on any atom is -0.291 e. The van der Waals surface area contributed by atoms with E-state index in [4.69, 9.17) is 11.6 Å². The molecular formula is C17H14ClF5N6O. The minimum atomic E-state index is -3.10. The average molecular weight is 449 g/mol. The van der Waals surface area contributed by atoms with Crippen LogP contribution in [0.1, 0.15) is 42.8 Å². The van der Waals surface area contributed by atoms with Gasteiger partial charge in [-0.05, 0) is 30.7 Å². The lowest BCUT2D eigenvalue weighted by molar-refractivity contribution is -0.119. The topological polar surface area (TPSA) is 77.6 Å². The number of halogens is 6. The first-order valence-corrected chi connectivity index (χ1v) is 8.83. The fourth-order valence-electron chi connectivity index (χ4n) is 2.59. The molecule has 0 aliphatic heterocycles. The van der Waals surface area contributed by atoms with E-state index < -0.39 is 42.0 Å². The molecule has 2 aromatic heterocycles. The van der Waals surface area contributed by atoms with Gasteiger partial charge in [0.2, 0.25) is 5.95 Å². The molecule has 7 nitrogen and oxygen atoms in total. The van der Waals surface area contributed by atoms with Gasteiger partial charge in [-0.2, -0.15) is 5.10 Å². The van der Waals surface area contributed by atoms with Crippen molar-refractivity contribution in [1.29, 1.82) is 0 Å². The Kier molecular flexibility index (Phi) is 6.34. The van der Waals surface area contributed by atoms with E-state index in [1.807, 2.05) is 0 Å². The minimum absolute atomic E-state index is 0.129. The molecule has 13 heteroatoms. The Morgan fingerprint density at radius 3 is 2.53 bits per heavy atom. The van der Waals surface area contributed by atoms with Crippen molar-refractivity contribution in [2.45, 2.75) is 32.4 Å². The summed E-state index contributed by atoms with van der Waals surface area (Å²) in [6.07, 6.45) is -4.89. The van der Waals surface area contributed by atoms with Crippen LogP contribution in [0.5, 0.6) is 0 Å². The maximum atomic E-state index is 13.1. The summed E-state index contributed by atoms with van der Waals surface area (Å²) in [6, 6.07) is 3.04. The van der Waals surface area contributed by atoms with Gasteiger partial charge in [0.05, 0.1) is 6.54 Å². The van der Waals surface area contributed by atoms with Gasteiger partial charge in [0.25, 0.3) is 18.8 Å². The molecule has 1 atom stereocenters. The van der Waals surface area contributed by atoms with Crippen LogP contribution in [0.25, 0.3) is 0 Å². The van der Waals surface area contributed by atoms with E-state index in [1.54, 1.807) is 0 Å². The van der Waals surface area contributed by atoms with Crippen LogP contribution in [0.2, 0.25) is 5.02 Å². The molecule has 2 heterocycles. The van der Waals surface area contributed by atoms with Gasteiger partial charge in [-0.3, -0.25) is 14.8 Å². The zero-order chi connectivity index (χ0) is 22.0. The molecule has 1 aromatic carbocycles. The van der Waals surface area contributed by atoms with E-state index in [0.29, 0.717) is 16.3 Å². The Bertz CT molecular complexity index is 1050. The summed E-state index contributed by atoms with van der Waals surface area (Å²) < 4.78 is 66.8. The maximum absolute atomic E-state index is 13.1. The van der Waals surface area contributed by atoms with E-state index >= 15 is 0 Å². The lowest BCUT2D eigenvalue weighted by atomic mass is 10.2. The highest BCUT2D eigenvalue weighted by Crippen LogP contribution is 2.27. The zero-order valence-corrected chi connectivity index (χ0v) is 16.0. The third-order valence-electron chi connectivity index (χ3n) is 4.10. The van der Waals surface area contributed by atoms with Crippen LogP contribution in [-0.4, -0.2) is 30.5 Å². The molecule has 0 radical (unpaired) electrons. The van der Waals surface area contributed by atoms with Crippen LogP contribution in [-0.2, 0) is 11.3 Å². The second-order valence-electron chi connectivity index (χ2n) is 6.21. The Balaban J connectivity index is 1.72. The van der Waals surface area contributed by atoms with Crippen molar-refractivity contribution in [3.63, 3.8) is 0 Å². The summed E-state index contributed by atoms with van der Waals surface area (Å²) in [5.41, 5.74) is -1.12. The summed E-state index contributed by atoms with van der Waals surface area (Å²) in [4.78, 5) is 16.2. The third kappa shape index (κ3) is 4.75. The predicted molar refractivity (Wildman–Crippen MR) is 96.0 cm³/mol. The first-order valence-electron chi connectivity index (χ1n) is 8.45. The number of alkyl halides is 4. The van der Waals surface area contributed by atoms with Crippen molar-refractivity contribution < 1.29 is 26.7 Å². The molecule has 1 N–H and O–H groups in total. The molecule has 0 saturated heterocycles. The van der Waals surface area contributed by atoms with Crippen LogP contribution < -0.4 is 5.32 Å². The highest BCUT2D eigenvalue weighted by atomic mass is 35.5. The lowest BCUT2D eigenvalue weighted by Gasteiger charge is -2.14.